The van der Waals surface area contributed by atoms with Crippen molar-refractivity contribution in [2.75, 3.05) is 31.6 Å². The number of aryl methyl sites for hydroxylation is 2. The highest BCUT2D eigenvalue weighted by Gasteiger charge is 2.29. The van der Waals surface area contributed by atoms with E-state index >= 15 is 0 Å². The third-order valence-electron chi connectivity index (χ3n) is 7.05. The lowest BCUT2D eigenvalue weighted by molar-refractivity contribution is -0.130. The van der Waals surface area contributed by atoms with Gasteiger partial charge in [-0.3, -0.25) is 9.59 Å². The molecule has 2 aromatic carbocycles. The summed E-state index contributed by atoms with van der Waals surface area (Å²) < 4.78 is 5.31. The summed E-state index contributed by atoms with van der Waals surface area (Å²) in [6, 6.07) is 14.3. The first-order chi connectivity index (χ1) is 17.9. The lowest BCUT2D eigenvalue weighted by atomic mass is 10.1. The maximum atomic E-state index is 13.5. The monoisotopic (exact) mass is 503 g/mol. The Morgan fingerprint density at radius 2 is 1.78 bits per heavy atom. The zero-order chi connectivity index (χ0) is 26.4. The second-order valence-corrected chi connectivity index (χ2v) is 9.90. The number of amides is 2. The normalized spacial score (nSPS) is 12.9. The fourth-order valence-corrected chi connectivity index (χ4v) is 4.90. The molecule has 0 unspecified atom stereocenters. The number of aromatic nitrogens is 2. The molecule has 37 heavy (non-hydrogen) atoms. The lowest BCUT2D eigenvalue weighted by Crippen LogP contribution is -2.46. The second-order valence-electron chi connectivity index (χ2n) is 9.90. The number of hydrogen-bond donors (Lipinski definition) is 1. The quantitative estimate of drug-likeness (QED) is 0.396. The van der Waals surface area contributed by atoms with E-state index in [1.807, 2.05) is 54.1 Å². The van der Waals surface area contributed by atoms with Gasteiger partial charge in [-0.15, -0.1) is 0 Å². The van der Waals surface area contributed by atoms with E-state index in [0.29, 0.717) is 18.3 Å². The number of rotatable bonds is 11. The van der Waals surface area contributed by atoms with Gasteiger partial charge in [0.25, 0.3) is 5.89 Å². The van der Waals surface area contributed by atoms with Crippen LogP contribution in [0.4, 0.5) is 5.69 Å². The average Bonchev–Trinajstić information content (AvgIpc) is 3.52. The zero-order valence-electron chi connectivity index (χ0n) is 22.3. The number of fused-ring (bicyclic) bond motifs is 1. The molecule has 1 N–H and O–H groups in total. The molecule has 0 atom stereocenters. The number of nitrogens with zero attached hydrogens (tertiary/aromatic N) is 4. The van der Waals surface area contributed by atoms with Crippen LogP contribution in [0, 0.1) is 13.8 Å². The number of nitrogens with one attached hydrogen (secondary N) is 1. The van der Waals surface area contributed by atoms with Crippen LogP contribution in [0.1, 0.15) is 48.7 Å². The van der Waals surface area contributed by atoms with Crippen molar-refractivity contribution in [3.05, 3.63) is 65.0 Å². The minimum Gasteiger partial charge on any atom is -0.355 e. The van der Waals surface area contributed by atoms with Gasteiger partial charge in [-0.1, -0.05) is 49.2 Å². The Hall–Kier alpha value is -3.68. The molecule has 0 aliphatic heterocycles. The number of hydrogen-bond acceptors (Lipinski definition) is 6. The molecule has 1 heterocycles. The molecular weight excluding hydrogens is 466 g/mol. The fraction of sp³-hybridized carbons (Fsp3) is 0.448. The molecule has 0 bridgehead atoms. The maximum absolute atomic E-state index is 13.5. The summed E-state index contributed by atoms with van der Waals surface area (Å²) in [5.41, 5.74) is 5.17. The molecule has 3 aromatic rings. The summed E-state index contributed by atoms with van der Waals surface area (Å²) in [5, 5.41) is 6.88. The molecule has 0 radical (unpaired) electrons. The van der Waals surface area contributed by atoms with Crippen LogP contribution in [0.5, 0.6) is 0 Å². The predicted octanol–water partition coefficient (Wildman–Crippen LogP) is 4.09. The maximum Gasteiger partial charge on any atom is 0.257 e. The number of anilines is 1. The van der Waals surface area contributed by atoms with E-state index < -0.39 is 0 Å². The van der Waals surface area contributed by atoms with Gasteiger partial charge in [-0.2, -0.15) is 4.98 Å². The molecule has 0 spiro atoms. The van der Waals surface area contributed by atoms with Gasteiger partial charge >= 0.3 is 0 Å². The van der Waals surface area contributed by atoms with Crippen LogP contribution in [0.15, 0.2) is 47.0 Å². The van der Waals surface area contributed by atoms with Crippen molar-refractivity contribution in [3.63, 3.8) is 0 Å². The standard InChI is InChI=1S/C29H37N5O3/c1-5-6-9-14-30-27(35)18-34(26-13-12-24(15-20(26)2)29-31-21(3)32-37-29)19-28(36)33(4)25-16-22-10-7-8-11-23(22)17-25/h7-8,10-13,15,25H,5-6,9,14,16-19H2,1-4H3,(H,30,35). The summed E-state index contributed by atoms with van der Waals surface area (Å²) in [7, 11) is 1.87. The van der Waals surface area contributed by atoms with Crippen molar-refractivity contribution < 1.29 is 14.1 Å². The SMILES string of the molecule is CCCCCNC(=O)CN(CC(=O)N(C)C1Cc2ccccc2C1)c1ccc(-c2nc(C)no2)cc1C. The molecule has 196 valence electrons. The molecule has 4 rings (SSSR count). The first kappa shape index (κ1) is 26.4. The lowest BCUT2D eigenvalue weighted by Gasteiger charge is -2.30. The van der Waals surface area contributed by atoms with Gasteiger partial charge in [0.05, 0.1) is 13.1 Å². The summed E-state index contributed by atoms with van der Waals surface area (Å²) in [4.78, 5) is 34.3. The summed E-state index contributed by atoms with van der Waals surface area (Å²) >= 11 is 0. The van der Waals surface area contributed by atoms with Crippen molar-refractivity contribution in [3.8, 4) is 11.5 Å². The molecule has 1 aromatic heterocycles. The number of likely N-dealkylation sites (N-methyl/N-ethyl adjacent to an activating group) is 1. The van der Waals surface area contributed by atoms with E-state index in [1.54, 1.807) is 6.92 Å². The predicted molar refractivity (Wildman–Crippen MR) is 144 cm³/mol. The van der Waals surface area contributed by atoms with E-state index in [-0.39, 0.29) is 30.9 Å². The highest BCUT2D eigenvalue weighted by molar-refractivity contribution is 5.87. The Labute approximate surface area is 219 Å². The summed E-state index contributed by atoms with van der Waals surface area (Å²) in [6.45, 7) is 6.75. The van der Waals surface area contributed by atoms with Gasteiger partial charge in [0.15, 0.2) is 5.82 Å². The number of unbranched alkanes of at least 4 members (excludes halogenated alkanes) is 2. The smallest absolute Gasteiger partial charge is 0.257 e. The van der Waals surface area contributed by atoms with Crippen molar-refractivity contribution >= 4 is 17.5 Å². The van der Waals surface area contributed by atoms with Gasteiger partial charge in [0.2, 0.25) is 11.8 Å². The molecule has 0 saturated carbocycles. The Bertz CT molecular complexity index is 1210. The minimum absolute atomic E-state index is 0.00686. The van der Waals surface area contributed by atoms with Crippen LogP contribution in [0.2, 0.25) is 0 Å². The molecule has 8 heteroatoms. The molecule has 0 saturated heterocycles. The first-order valence-electron chi connectivity index (χ1n) is 13.1. The van der Waals surface area contributed by atoms with Crippen LogP contribution in [-0.2, 0) is 22.4 Å². The fourth-order valence-electron chi connectivity index (χ4n) is 4.90. The number of benzene rings is 2. The molecular formula is C29H37N5O3. The average molecular weight is 504 g/mol. The van der Waals surface area contributed by atoms with Gasteiger partial charge in [-0.05, 0) is 68.0 Å². The Balaban J connectivity index is 1.50. The topological polar surface area (TPSA) is 91.6 Å². The molecule has 2 amide bonds. The molecule has 8 nitrogen and oxygen atoms in total. The zero-order valence-corrected chi connectivity index (χ0v) is 22.3. The Morgan fingerprint density at radius 1 is 1.05 bits per heavy atom. The van der Waals surface area contributed by atoms with E-state index in [4.69, 9.17) is 4.52 Å². The van der Waals surface area contributed by atoms with Crippen molar-refractivity contribution in [1.82, 2.24) is 20.4 Å². The van der Waals surface area contributed by atoms with Crippen LogP contribution in [-0.4, -0.2) is 59.6 Å². The molecule has 1 aliphatic rings. The minimum atomic E-state index is -0.0872. The third kappa shape index (κ3) is 6.56. The highest BCUT2D eigenvalue weighted by Crippen LogP contribution is 2.28. The molecule has 0 fully saturated rings. The van der Waals surface area contributed by atoms with Gasteiger partial charge in [-0.25, -0.2) is 0 Å². The molecule has 1 aliphatic carbocycles. The first-order valence-corrected chi connectivity index (χ1v) is 13.1. The number of carbonyl (C=O) groups excluding carboxylic acids is 2. The van der Waals surface area contributed by atoms with Crippen LogP contribution >= 0.6 is 0 Å². The van der Waals surface area contributed by atoms with Gasteiger partial charge in [0, 0.05) is 30.9 Å². The second kappa shape index (κ2) is 12.0. The van der Waals surface area contributed by atoms with Crippen molar-refractivity contribution in [2.45, 2.75) is 58.9 Å². The number of carbonyl (C=O) groups is 2. The van der Waals surface area contributed by atoms with Crippen LogP contribution < -0.4 is 10.2 Å². The van der Waals surface area contributed by atoms with E-state index in [1.165, 1.54) is 11.1 Å². The third-order valence-corrected chi connectivity index (χ3v) is 7.05. The van der Waals surface area contributed by atoms with Gasteiger partial charge < -0.3 is 19.6 Å². The Kier molecular flexibility index (Phi) is 8.58. The van der Waals surface area contributed by atoms with Gasteiger partial charge in [0.1, 0.15) is 0 Å². The van der Waals surface area contributed by atoms with E-state index in [9.17, 15) is 9.59 Å². The Morgan fingerprint density at radius 3 is 2.41 bits per heavy atom. The van der Waals surface area contributed by atoms with E-state index in [2.05, 4.69) is 34.5 Å². The van der Waals surface area contributed by atoms with Crippen LogP contribution in [0.25, 0.3) is 11.5 Å². The highest BCUT2D eigenvalue weighted by atomic mass is 16.5. The summed E-state index contributed by atoms with van der Waals surface area (Å²) in [5.74, 6) is 0.924. The largest absolute Gasteiger partial charge is 0.355 e. The van der Waals surface area contributed by atoms with Crippen LogP contribution in [0.3, 0.4) is 0 Å². The summed E-state index contributed by atoms with van der Waals surface area (Å²) in [6.07, 6.45) is 4.83. The van der Waals surface area contributed by atoms with Crippen molar-refractivity contribution in [2.24, 2.45) is 0 Å². The van der Waals surface area contributed by atoms with Crippen molar-refractivity contribution in [1.29, 1.82) is 0 Å². The van der Waals surface area contributed by atoms with E-state index in [0.717, 1.165) is 48.9 Å².